The molecule has 0 aromatic heterocycles. The number of benzene rings is 1. The van der Waals surface area contributed by atoms with Crippen LogP contribution in [0.25, 0.3) is 0 Å². The van der Waals surface area contributed by atoms with Crippen LogP contribution in [0, 0.1) is 11.8 Å². The second kappa shape index (κ2) is 7.02. The first kappa shape index (κ1) is 15.9. The fraction of sp³-hybridized carbons (Fsp3) is 0.625. The van der Waals surface area contributed by atoms with Crippen LogP contribution >= 0.6 is 23.2 Å². The van der Waals surface area contributed by atoms with Crippen molar-refractivity contribution in [3.63, 3.8) is 0 Å². The van der Waals surface area contributed by atoms with E-state index in [9.17, 15) is 0 Å². The average molecular weight is 316 g/mol. The molecule has 2 atom stereocenters. The highest BCUT2D eigenvalue weighted by molar-refractivity contribution is 6.35. The molecule has 112 valence electrons. The Morgan fingerprint density at radius 1 is 1.15 bits per heavy atom. The maximum Gasteiger partial charge on any atom is 0.142 e. The Labute approximate surface area is 131 Å². The van der Waals surface area contributed by atoms with Gasteiger partial charge in [-0.2, -0.15) is 0 Å². The first-order chi connectivity index (χ1) is 9.49. The van der Waals surface area contributed by atoms with Crippen LogP contribution < -0.4 is 10.1 Å². The topological polar surface area (TPSA) is 21.3 Å². The molecule has 1 aliphatic carbocycles. The molecule has 1 N–H and O–H groups in total. The minimum Gasteiger partial charge on any atom is -0.489 e. The van der Waals surface area contributed by atoms with Crippen molar-refractivity contribution >= 4 is 23.2 Å². The maximum atomic E-state index is 6.33. The number of hydrogen-bond acceptors (Lipinski definition) is 2. The second-order valence-corrected chi connectivity index (χ2v) is 6.91. The summed E-state index contributed by atoms with van der Waals surface area (Å²) in [6.07, 6.45) is 3.74. The molecule has 0 heterocycles. The minimum atomic E-state index is 0.253. The Morgan fingerprint density at radius 2 is 1.80 bits per heavy atom. The zero-order valence-electron chi connectivity index (χ0n) is 12.4. The summed E-state index contributed by atoms with van der Waals surface area (Å²) in [7, 11) is 1.91. The van der Waals surface area contributed by atoms with E-state index in [0.717, 1.165) is 24.2 Å². The van der Waals surface area contributed by atoms with E-state index < -0.39 is 0 Å². The molecule has 2 nitrogen and oxygen atoms in total. The fourth-order valence-corrected chi connectivity index (χ4v) is 3.78. The van der Waals surface area contributed by atoms with Crippen molar-refractivity contribution in [1.29, 1.82) is 0 Å². The molecule has 1 fully saturated rings. The smallest absolute Gasteiger partial charge is 0.142 e. The summed E-state index contributed by atoms with van der Waals surface area (Å²) in [6.45, 7) is 5.29. The molecule has 0 radical (unpaired) electrons. The van der Waals surface area contributed by atoms with Crippen molar-refractivity contribution in [2.75, 3.05) is 7.05 Å². The highest BCUT2D eigenvalue weighted by Gasteiger charge is 2.26. The molecule has 1 aromatic carbocycles. The van der Waals surface area contributed by atoms with Crippen molar-refractivity contribution < 1.29 is 4.74 Å². The molecular weight excluding hydrogens is 293 g/mol. The third-order valence-corrected chi connectivity index (χ3v) is 4.37. The summed E-state index contributed by atoms with van der Waals surface area (Å²) in [6, 6.07) is 3.68. The van der Waals surface area contributed by atoms with Crippen LogP contribution in [0.5, 0.6) is 5.75 Å². The molecule has 1 aromatic rings. The van der Waals surface area contributed by atoms with Crippen molar-refractivity contribution in [2.45, 2.75) is 45.8 Å². The molecule has 0 spiro atoms. The van der Waals surface area contributed by atoms with Gasteiger partial charge in [0, 0.05) is 17.1 Å². The summed E-state index contributed by atoms with van der Waals surface area (Å²) in [4.78, 5) is 0. The minimum absolute atomic E-state index is 0.253. The first-order valence-corrected chi connectivity index (χ1v) is 8.04. The maximum absolute atomic E-state index is 6.33. The van der Waals surface area contributed by atoms with Crippen LogP contribution in [0.1, 0.15) is 38.7 Å². The molecule has 0 bridgehead atoms. The average Bonchev–Trinajstić information content (AvgIpc) is 2.32. The molecule has 1 saturated carbocycles. The Bertz CT molecular complexity index is 454. The van der Waals surface area contributed by atoms with Crippen LogP contribution in [0.4, 0.5) is 0 Å². The number of halogens is 2. The van der Waals surface area contributed by atoms with Crippen LogP contribution in [-0.2, 0) is 6.54 Å². The van der Waals surface area contributed by atoms with Gasteiger partial charge in [-0.3, -0.25) is 0 Å². The zero-order chi connectivity index (χ0) is 14.7. The Balaban J connectivity index is 2.19. The van der Waals surface area contributed by atoms with E-state index >= 15 is 0 Å². The van der Waals surface area contributed by atoms with Gasteiger partial charge in [-0.1, -0.05) is 37.0 Å². The SMILES string of the molecule is CNCc1cc(Cl)cc(Cl)c1OC1CC(C)CC(C)C1. The number of rotatable bonds is 4. The monoisotopic (exact) mass is 315 g/mol. The summed E-state index contributed by atoms with van der Waals surface area (Å²) >= 11 is 12.4. The van der Waals surface area contributed by atoms with Crippen molar-refractivity contribution in [3.8, 4) is 5.75 Å². The summed E-state index contributed by atoms with van der Waals surface area (Å²) < 4.78 is 6.24. The third-order valence-electron chi connectivity index (χ3n) is 3.87. The van der Waals surface area contributed by atoms with Gasteiger partial charge >= 0.3 is 0 Å². The van der Waals surface area contributed by atoms with Crippen LogP contribution in [0.15, 0.2) is 12.1 Å². The normalized spacial score (nSPS) is 26.6. The Kier molecular flexibility index (Phi) is 5.59. The van der Waals surface area contributed by atoms with Gasteiger partial charge in [0.2, 0.25) is 0 Å². The lowest BCUT2D eigenvalue weighted by atomic mass is 9.82. The zero-order valence-corrected chi connectivity index (χ0v) is 13.9. The molecule has 20 heavy (non-hydrogen) atoms. The van der Waals surface area contributed by atoms with Gasteiger partial charge in [0.05, 0.1) is 11.1 Å². The van der Waals surface area contributed by atoms with Gasteiger partial charge < -0.3 is 10.1 Å². The second-order valence-electron chi connectivity index (χ2n) is 6.06. The predicted molar refractivity (Wildman–Crippen MR) is 85.8 cm³/mol. The lowest BCUT2D eigenvalue weighted by Crippen LogP contribution is -2.29. The van der Waals surface area contributed by atoms with Gasteiger partial charge in [-0.15, -0.1) is 0 Å². The summed E-state index contributed by atoms with van der Waals surface area (Å²) in [5, 5.41) is 4.39. The molecule has 1 aliphatic rings. The van der Waals surface area contributed by atoms with E-state index in [1.807, 2.05) is 13.1 Å². The molecule has 2 unspecified atom stereocenters. The van der Waals surface area contributed by atoms with Crippen LogP contribution in [0.2, 0.25) is 10.0 Å². The van der Waals surface area contributed by atoms with Crippen LogP contribution in [-0.4, -0.2) is 13.2 Å². The van der Waals surface area contributed by atoms with Crippen molar-refractivity contribution in [3.05, 3.63) is 27.7 Å². The number of nitrogens with one attached hydrogen (secondary N) is 1. The largest absolute Gasteiger partial charge is 0.489 e. The van der Waals surface area contributed by atoms with Gasteiger partial charge in [0.15, 0.2) is 0 Å². The third kappa shape index (κ3) is 4.03. The van der Waals surface area contributed by atoms with Crippen LogP contribution in [0.3, 0.4) is 0 Å². The Morgan fingerprint density at radius 3 is 2.40 bits per heavy atom. The Hall–Kier alpha value is -0.440. The lowest BCUT2D eigenvalue weighted by Gasteiger charge is -2.32. The van der Waals surface area contributed by atoms with Gasteiger partial charge in [0.25, 0.3) is 0 Å². The fourth-order valence-electron chi connectivity index (χ4n) is 3.20. The van der Waals surface area contributed by atoms with E-state index in [2.05, 4.69) is 19.2 Å². The molecule has 0 saturated heterocycles. The quantitative estimate of drug-likeness (QED) is 0.851. The molecule has 0 aliphatic heterocycles. The van der Waals surface area contributed by atoms with Gasteiger partial charge in [-0.05, 0) is 50.3 Å². The predicted octanol–water partition coefficient (Wildman–Crippen LogP) is 4.92. The van der Waals surface area contributed by atoms with Gasteiger partial charge in [-0.25, -0.2) is 0 Å². The highest BCUT2D eigenvalue weighted by atomic mass is 35.5. The van der Waals surface area contributed by atoms with Gasteiger partial charge in [0.1, 0.15) is 5.75 Å². The molecular formula is C16H23Cl2NO. The van der Waals surface area contributed by atoms with Crippen molar-refractivity contribution in [1.82, 2.24) is 5.32 Å². The first-order valence-electron chi connectivity index (χ1n) is 7.28. The standard InChI is InChI=1S/C16H23Cl2NO/c1-10-4-11(2)6-14(5-10)20-16-12(9-19-3)7-13(17)8-15(16)18/h7-8,10-11,14,19H,4-6,9H2,1-3H3. The summed E-state index contributed by atoms with van der Waals surface area (Å²) in [5.41, 5.74) is 1.02. The number of ether oxygens (including phenoxy) is 1. The lowest BCUT2D eigenvalue weighted by molar-refractivity contribution is 0.100. The molecule has 2 rings (SSSR count). The van der Waals surface area contributed by atoms with E-state index in [1.54, 1.807) is 6.07 Å². The molecule has 4 heteroatoms. The van der Waals surface area contributed by atoms with Crippen molar-refractivity contribution in [2.24, 2.45) is 11.8 Å². The van der Waals surface area contributed by atoms with E-state index in [4.69, 9.17) is 27.9 Å². The van der Waals surface area contributed by atoms with E-state index in [0.29, 0.717) is 28.4 Å². The molecule has 0 amide bonds. The highest BCUT2D eigenvalue weighted by Crippen LogP contribution is 2.37. The van der Waals surface area contributed by atoms with E-state index in [1.165, 1.54) is 6.42 Å². The summed E-state index contributed by atoms with van der Waals surface area (Å²) in [5.74, 6) is 2.21. The van der Waals surface area contributed by atoms with E-state index in [-0.39, 0.29) is 6.10 Å². The number of hydrogen-bond donors (Lipinski definition) is 1.